The topological polar surface area (TPSA) is 58.9 Å². The van der Waals surface area contributed by atoms with Crippen molar-refractivity contribution in [3.05, 3.63) is 95.1 Å². The van der Waals surface area contributed by atoms with Gasteiger partial charge < -0.3 is 19.7 Å². The van der Waals surface area contributed by atoms with Gasteiger partial charge in [0.25, 0.3) is 0 Å². The highest BCUT2D eigenvalue weighted by Gasteiger charge is 2.26. The number of hydrogen-bond donors (Lipinski definition) is 2. The third kappa shape index (κ3) is 5.77. The molecule has 4 aromatic carbocycles. The van der Waals surface area contributed by atoms with Crippen molar-refractivity contribution >= 4 is 0 Å². The van der Waals surface area contributed by atoms with Crippen LogP contribution in [0.3, 0.4) is 0 Å². The van der Waals surface area contributed by atoms with Crippen molar-refractivity contribution in [1.29, 1.82) is 0 Å². The largest absolute Gasteiger partial charge is 0.491 e. The quantitative estimate of drug-likeness (QED) is 0.164. The van der Waals surface area contributed by atoms with E-state index in [2.05, 4.69) is 100 Å². The van der Waals surface area contributed by atoms with Gasteiger partial charge in [-0.2, -0.15) is 0 Å². The molecule has 4 aromatic rings. The van der Waals surface area contributed by atoms with Crippen LogP contribution in [0.4, 0.5) is 0 Å². The van der Waals surface area contributed by atoms with Crippen LogP contribution in [0.2, 0.25) is 0 Å². The SMILES string of the molecule is CCC(C)c1cc(-c2ccc3c(c2-c2ccc(OCCO)c(C(C)CC)c2)Cc2ccccc2-3)ccc1OCCO. The fourth-order valence-electron chi connectivity index (χ4n) is 5.99. The van der Waals surface area contributed by atoms with Crippen molar-refractivity contribution in [3.63, 3.8) is 0 Å². The van der Waals surface area contributed by atoms with Crippen LogP contribution in [-0.4, -0.2) is 36.6 Å². The first-order chi connectivity index (χ1) is 20.0. The molecule has 0 fully saturated rings. The van der Waals surface area contributed by atoms with Crippen molar-refractivity contribution in [2.45, 2.75) is 58.8 Å². The van der Waals surface area contributed by atoms with Gasteiger partial charge in [-0.15, -0.1) is 0 Å². The van der Waals surface area contributed by atoms with E-state index in [1.54, 1.807) is 0 Å². The summed E-state index contributed by atoms with van der Waals surface area (Å²) in [5.41, 5.74) is 12.5. The van der Waals surface area contributed by atoms with Crippen LogP contribution in [0, 0.1) is 0 Å². The Morgan fingerprint density at radius 2 is 1.22 bits per heavy atom. The van der Waals surface area contributed by atoms with E-state index in [-0.39, 0.29) is 26.4 Å². The minimum Gasteiger partial charge on any atom is -0.491 e. The Bertz CT molecular complexity index is 1510. The highest BCUT2D eigenvalue weighted by Crippen LogP contribution is 2.48. The molecule has 2 atom stereocenters. The van der Waals surface area contributed by atoms with E-state index in [0.29, 0.717) is 11.8 Å². The summed E-state index contributed by atoms with van der Waals surface area (Å²) in [6, 6.07) is 26.3. The van der Waals surface area contributed by atoms with Crippen LogP contribution in [-0.2, 0) is 6.42 Å². The molecule has 0 aliphatic heterocycles. The number of rotatable bonds is 12. The number of benzene rings is 4. The molecule has 0 bridgehead atoms. The van der Waals surface area contributed by atoms with Gasteiger partial charge in [0.15, 0.2) is 0 Å². The van der Waals surface area contributed by atoms with Gasteiger partial charge >= 0.3 is 0 Å². The van der Waals surface area contributed by atoms with Gasteiger partial charge in [-0.1, -0.05) is 76.2 Å². The number of aliphatic hydroxyl groups excluding tert-OH is 2. The van der Waals surface area contributed by atoms with Crippen molar-refractivity contribution in [1.82, 2.24) is 0 Å². The van der Waals surface area contributed by atoms with Crippen LogP contribution in [0.15, 0.2) is 72.8 Å². The summed E-state index contributed by atoms with van der Waals surface area (Å²) in [6.07, 6.45) is 2.89. The number of ether oxygens (including phenoxy) is 2. The maximum absolute atomic E-state index is 9.40. The second-order valence-corrected chi connectivity index (χ2v) is 11.1. The third-order valence-electron chi connectivity index (χ3n) is 8.59. The van der Waals surface area contributed by atoms with Crippen LogP contribution in [0.1, 0.15) is 74.6 Å². The van der Waals surface area contributed by atoms with Crippen LogP contribution < -0.4 is 9.47 Å². The Morgan fingerprint density at radius 1 is 0.659 bits per heavy atom. The Kier molecular flexibility index (Phi) is 9.12. The standard InChI is InChI=1S/C37H42O4/c1-5-24(3)32-21-27(11-15-35(32)40-19-17-38)30-13-14-31-29-10-8-7-9-26(29)22-34(31)37(30)28-12-16-36(41-20-18-39)33(23-28)25(4)6-2/h7-16,21,23-25,38-39H,5-6,17-20,22H2,1-4H3. The number of hydrogen-bond acceptors (Lipinski definition) is 4. The highest BCUT2D eigenvalue weighted by molar-refractivity contribution is 5.94. The van der Waals surface area contributed by atoms with Gasteiger partial charge in [0.1, 0.15) is 24.7 Å². The van der Waals surface area contributed by atoms with E-state index in [4.69, 9.17) is 9.47 Å². The third-order valence-corrected chi connectivity index (χ3v) is 8.59. The maximum Gasteiger partial charge on any atom is 0.122 e. The van der Waals surface area contributed by atoms with E-state index in [1.165, 1.54) is 50.1 Å². The Balaban J connectivity index is 1.73. The molecule has 4 nitrogen and oxygen atoms in total. The first kappa shape index (κ1) is 28.9. The fraction of sp³-hybridized carbons (Fsp3) is 0.351. The smallest absolute Gasteiger partial charge is 0.122 e. The van der Waals surface area contributed by atoms with Crippen LogP contribution >= 0.6 is 0 Å². The molecule has 41 heavy (non-hydrogen) atoms. The lowest BCUT2D eigenvalue weighted by molar-refractivity contribution is 0.200. The summed E-state index contributed by atoms with van der Waals surface area (Å²) in [7, 11) is 0. The van der Waals surface area contributed by atoms with Crippen molar-refractivity contribution in [2.24, 2.45) is 0 Å². The fourth-order valence-corrected chi connectivity index (χ4v) is 5.99. The molecule has 0 aromatic heterocycles. The predicted molar refractivity (Wildman–Crippen MR) is 168 cm³/mol. The van der Waals surface area contributed by atoms with E-state index in [0.717, 1.165) is 36.3 Å². The zero-order valence-electron chi connectivity index (χ0n) is 24.7. The average Bonchev–Trinajstić information content (AvgIpc) is 3.40. The van der Waals surface area contributed by atoms with E-state index >= 15 is 0 Å². The summed E-state index contributed by atoms with van der Waals surface area (Å²) in [5.74, 6) is 2.34. The Labute approximate surface area is 244 Å². The molecule has 0 spiro atoms. The zero-order chi connectivity index (χ0) is 28.9. The van der Waals surface area contributed by atoms with Crippen LogP contribution in [0.5, 0.6) is 11.5 Å². The molecule has 214 valence electrons. The summed E-state index contributed by atoms with van der Waals surface area (Å²) in [6.45, 7) is 9.42. The van der Waals surface area contributed by atoms with Crippen molar-refractivity contribution in [2.75, 3.05) is 26.4 Å². The summed E-state index contributed by atoms with van der Waals surface area (Å²) in [5, 5.41) is 18.8. The Morgan fingerprint density at radius 3 is 1.83 bits per heavy atom. The molecule has 0 saturated carbocycles. The molecule has 0 amide bonds. The molecular formula is C37H42O4. The average molecular weight is 551 g/mol. The van der Waals surface area contributed by atoms with E-state index in [1.807, 2.05) is 0 Å². The lowest BCUT2D eigenvalue weighted by Gasteiger charge is -2.22. The van der Waals surface area contributed by atoms with Crippen molar-refractivity contribution < 1.29 is 19.7 Å². The molecule has 5 rings (SSSR count). The minimum atomic E-state index is -0.00712. The molecule has 1 aliphatic rings. The lowest BCUT2D eigenvalue weighted by atomic mass is 9.84. The zero-order valence-corrected chi connectivity index (χ0v) is 24.7. The van der Waals surface area contributed by atoms with Gasteiger partial charge in [-0.25, -0.2) is 0 Å². The molecule has 0 radical (unpaired) electrons. The molecule has 0 saturated heterocycles. The minimum absolute atomic E-state index is 0.00619. The first-order valence-electron chi connectivity index (χ1n) is 15.0. The predicted octanol–water partition coefficient (Wildman–Crippen LogP) is 8.36. The first-order valence-corrected chi connectivity index (χ1v) is 15.0. The Hall–Kier alpha value is -3.60. The monoisotopic (exact) mass is 550 g/mol. The molecular weight excluding hydrogens is 508 g/mol. The van der Waals surface area contributed by atoms with Gasteiger partial charge in [0, 0.05) is 0 Å². The second-order valence-electron chi connectivity index (χ2n) is 11.1. The summed E-state index contributed by atoms with van der Waals surface area (Å²) < 4.78 is 11.9. The maximum atomic E-state index is 9.40. The second kappa shape index (κ2) is 12.9. The van der Waals surface area contributed by atoms with Crippen LogP contribution in [0.25, 0.3) is 33.4 Å². The van der Waals surface area contributed by atoms with Gasteiger partial charge in [-0.3, -0.25) is 0 Å². The van der Waals surface area contributed by atoms with E-state index in [9.17, 15) is 10.2 Å². The molecule has 2 unspecified atom stereocenters. The molecule has 4 heteroatoms. The van der Waals surface area contributed by atoms with E-state index < -0.39 is 0 Å². The molecule has 0 heterocycles. The van der Waals surface area contributed by atoms with Gasteiger partial charge in [-0.05, 0) is 111 Å². The van der Waals surface area contributed by atoms with Crippen molar-refractivity contribution in [3.8, 4) is 44.9 Å². The number of fused-ring (bicyclic) bond motifs is 3. The highest BCUT2D eigenvalue weighted by atomic mass is 16.5. The number of aliphatic hydroxyl groups is 2. The molecule has 2 N–H and O–H groups in total. The summed E-state index contributed by atoms with van der Waals surface area (Å²) >= 11 is 0. The van der Waals surface area contributed by atoms with Gasteiger partial charge in [0.05, 0.1) is 13.2 Å². The molecule has 1 aliphatic carbocycles. The van der Waals surface area contributed by atoms with Gasteiger partial charge in [0.2, 0.25) is 0 Å². The summed E-state index contributed by atoms with van der Waals surface area (Å²) in [4.78, 5) is 0. The normalized spacial score (nSPS) is 13.4. The lowest BCUT2D eigenvalue weighted by Crippen LogP contribution is -2.06.